The van der Waals surface area contributed by atoms with Crippen molar-refractivity contribution in [3.63, 3.8) is 0 Å². The van der Waals surface area contributed by atoms with Gasteiger partial charge < -0.3 is 74.3 Å². The fourth-order valence-electron chi connectivity index (χ4n) is 6.10. The van der Waals surface area contributed by atoms with Crippen molar-refractivity contribution in [2.24, 2.45) is 28.1 Å². The van der Waals surface area contributed by atoms with Crippen LogP contribution in [0.5, 0.6) is 0 Å². The number of nitrogens with zero attached hydrogens (tertiary/aromatic N) is 3. The molecule has 340 valence electrons. The second-order valence-electron chi connectivity index (χ2n) is 14.9. The molecule has 25 nitrogen and oxygen atoms in total. The van der Waals surface area contributed by atoms with E-state index < -0.39 is 121 Å². The number of carboxylic acids is 2. The summed E-state index contributed by atoms with van der Waals surface area (Å²) in [5.41, 5.74) is 17.1. The Morgan fingerprint density at radius 1 is 0.885 bits per heavy atom. The van der Waals surface area contributed by atoms with E-state index in [0.717, 1.165) is 0 Å². The smallest absolute Gasteiger partial charge is 0.325 e. The first-order valence-electron chi connectivity index (χ1n) is 19.6. The van der Waals surface area contributed by atoms with Gasteiger partial charge in [-0.3, -0.25) is 48.1 Å². The molecule has 0 aromatic carbocycles. The molecule has 16 N–H and O–H groups in total. The molecule has 0 saturated carbocycles. The van der Waals surface area contributed by atoms with E-state index in [2.05, 4.69) is 46.9 Å². The number of likely N-dealkylation sites (tertiary alicyclic amines) is 1. The number of carbonyl (C=O) groups excluding carboxylic acids is 7. The zero-order chi connectivity index (χ0) is 46.0. The number of nitrogens with one attached hydrogen (secondary N) is 7. The Hall–Kier alpha value is -6.37. The molecule has 0 aliphatic carbocycles. The van der Waals surface area contributed by atoms with Gasteiger partial charge in [-0.2, -0.15) is 0 Å². The van der Waals surface area contributed by atoms with E-state index in [4.69, 9.17) is 27.4 Å². The molecule has 61 heavy (non-hydrogen) atoms. The molecule has 8 atom stereocenters. The molecular formula is C36H59N13O12. The van der Waals surface area contributed by atoms with Gasteiger partial charge in [-0.1, -0.05) is 13.8 Å². The summed E-state index contributed by atoms with van der Waals surface area (Å²) in [6.45, 7) is 5.29. The van der Waals surface area contributed by atoms with Crippen LogP contribution >= 0.6 is 0 Å². The number of carbonyl (C=O) groups is 9. The lowest BCUT2D eigenvalue weighted by atomic mass is 10.0. The molecule has 0 unspecified atom stereocenters. The number of imidazole rings is 1. The van der Waals surface area contributed by atoms with Crippen LogP contribution in [0.25, 0.3) is 0 Å². The van der Waals surface area contributed by atoms with Gasteiger partial charge in [0.25, 0.3) is 0 Å². The Morgan fingerprint density at radius 2 is 1.56 bits per heavy atom. The van der Waals surface area contributed by atoms with Crippen molar-refractivity contribution in [2.75, 3.05) is 19.6 Å². The summed E-state index contributed by atoms with van der Waals surface area (Å²) in [5, 5.41) is 43.0. The number of aromatic amines is 1. The van der Waals surface area contributed by atoms with Gasteiger partial charge in [0.05, 0.1) is 25.0 Å². The van der Waals surface area contributed by atoms with E-state index in [1.54, 1.807) is 13.8 Å². The number of hydrogen-bond donors (Lipinski definition) is 13. The number of aliphatic hydroxyl groups is 1. The third-order valence-electron chi connectivity index (χ3n) is 9.50. The third kappa shape index (κ3) is 17.0. The lowest BCUT2D eigenvalue weighted by Crippen LogP contribution is -2.61. The second kappa shape index (κ2) is 24.6. The number of amides is 7. The Balaban J connectivity index is 2.27. The topological polar surface area (TPSA) is 409 Å². The predicted molar refractivity (Wildman–Crippen MR) is 214 cm³/mol. The van der Waals surface area contributed by atoms with Gasteiger partial charge in [0.2, 0.25) is 41.4 Å². The number of H-pyrrole nitrogens is 1. The fraction of sp³-hybridized carbons (Fsp3) is 0.639. The SMILES string of the molecule is CC(C)[C@H](NC(=O)[C@H](CCCN=C(N)N)NC(=O)[C@@H](NC(=O)[C@@H](N)CCC(=O)O)[C@@H](C)O)C(=O)N1CCC[C@H]1C(=O)N[C@@H](Cc1cnc[nH]1)C(=O)NCC(=O)N[C@@H](C)C(=O)O. The summed E-state index contributed by atoms with van der Waals surface area (Å²) in [4.78, 5) is 127. The van der Waals surface area contributed by atoms with Crippen LogP contribution in [-0.4, -0.2) is 157 Å². The van der Waals surface area contributed by atoms with Crippen molar-refractivity contribution in [1.82, 2.24) is 46.8 Å². The van der Waals surface area contributed by atoms with Crippen molar-refractivity contribution in [1.29, 1.82) is 0 Å². The van der Waals surface area contributed by atoms with Gasteiger partial charge >= 0.3 is 11.9 Å². The summed E-state index contributed by atoms with van der Waals surface area (Å²) < 4.78 is 0. The number of hydrogen-bond acceptors (Lipinski definition) is 13. The Labute approximate surface area is 351 Å². The first-order valence-corrected chi connectivity index (χ1v) is 19.6. The second-order valence-corrected chi connectivity index (χ2v) is 14.9. The average Bonchev–Trinajstić information content (AvgIpc) is 3.90. The largest absolute Gasteiger partial charge is 0.481 e. The molecule has 2 rings (SSSR count). The van der Waals surface area contributed by atoms with E-state index in [1.807, 2.05) is 0 Å². The van der Waals surface area contributed by atoms with Gasteiger partial charge in [0.1, 0.15) is 36.3 Å². The highest BCUT2D eigenvalue weighted by Gasteiger charge is 2.41. The minimum atomic E-state index is -1.63. The van der Waals surface area contributed by atoms with E-state index >= 15 is 0 Å². The van der Waals surface area contributed by atoms with Gasteiger partial charge in [-0.05, 0) is 51.9 Å². The first-order chi connectivity index (χ1) is 28.6. The number of carboxylic acid groups (broad SMARTS) is 2. The molecule has 25 heteroatoms. The number of aliphatic carboxylic acids is 2. The maximum atomic E-state index is 14.2. The highest BCUT2D eigenvalue weighted by molar-refractivity contribution is 5.97. The van der Waals surface area contributed by atoms with Crippen molar-refractivity contribution in [3.05, 3.63) is 18.2 Å². The molecule has 1 fully saturated rings. The number of guanidine groups is 1. The quantitative estimate of drug-likeness (QED) is 0.0248. The van der Waals surface area contributed by atoms with E-state index in [9.17, 15) is 48.3 Å². The highest BCUT2D eigenvalue weighted by Crippen LogP contribution is 2.21. The summed E-state index contributed by atoms with van der Waals surface area (Å²) in [7, 11) is 0. The minimum absolute atomic E-state index is 0.0462. The van der Waals surface area contributed by atoms with Crippen LogP contribution in [-0.2, 0) is 49.6 Å². The first kappa shape index (κ1) is 50.8. The molecule has 2 heterocycles. The van der Waals surface area contributed by atoms with Gasteiger partial charge in [-0.15, -0.1) is 0 Å². The number of rotatable bonds is 25. The maximum absolute atomic E-state index is 14.2. The molecule has 1 aliphatic heterocycles. The van der Waals surface area contributed by atoms with E-state index in [-0.39, 0.29) is 51.2 Å². The van der Waals surface area contributed by atoms with Crippen LogP contribution in [0.15, 0.2) is 17.5 Å². The molecule has 1 aromatic rings. The highest BCUT2D eigenvalue weighted by atomic mass is 16.4. The average molecular weight is 866 g/mol. The van der Waals surface area contributed by atoms with Crippen molar-refractivity contribution in [3.8, 4) is 0 Å². The summed E-state index contributed by atoms with van der Waals surface area (Å²) in [5.74, 6) is -8.95. The normalized spacial score (nSPS) is 17.0. The van der Waals surface area contributed by atoms with Crippen LogP contribution < -0.4 is 49.1 Å². The lowest BCUT2D eigenvalue weighted by Gasteiger charge is -2.32. The van der Waals surface area contributed by atoms with Gasteiger partial charge in [0.15, 0.2) is 5.96 Å². The summed E-state index contributed by atoms with van der Waals surface area (Å²) in [6.07, 6.45) is 1.15. The van der Waals surface area contributed by atoms with Crippen LogP contribution in [0.3, 0.4) is 0 Å². The van der Waals surface area contributed by atoms with Gasteiger partial charge in [-0.25, -0.2) is 4.98 Å². The van der Waals surface area contributed by atoms with Crippen molar-refractivity contribution < 1.29 is 58.5 Å². The Bertz CT molecular complexity index is 1740. The molecular weight excluding hydrogens is 806 g/mol. The Kier molecular flexibility index (Phi) is 20.5. The van der Waals surface area contributed by atoms with Crippen LogP contribution in [0.4, 0.5) is 0 Å². The number of aromatic nitrogens is 2. The van der Waals surface area contributed by atoms with Crippen LogP contribution in [0.2, 0.25) is 0 Å². The molecule has 0 radical (unpaired) electrons. The molecule has 1 saturated heterocycles. The summed E-state index contributed by atoms with van der Waals surface area (Å²) in [6, 6.07) is -9.14. The number of aliphatic imine (C=N–C) groups is 1. The third-order valence-corrected chi connectivity index (χ3v) is 9.50. The van der Waals surface area contributed by atoms with Gasteiger partial charge in [0, 0.05) is 37.8 Å². The molecule has 0 spiro atoms. The number of aliphatic hydroxyl groups excluding tert-OH is 1. The van der Waals surface area contributed by atoms with Crippen LogP contribution in [0, 0.1) is 5.92 Å². The summed E-state index contributed by atoms with van der Waals surface area (Å²) >= 11 is 0. The molecule has 1 aromatic heterocycles. The predicted octanol–water partition coefficient (Wildman–Crippen LogP) is -5.13. The molecule has 0 bridgehead atoms. The minimum Gasteiger partial charge on any atom is -0.481 e. The molecule has 1 aliphatic rings. The van der Waals surface area contributed by atoms with Crippen molar-refractivity contribution in [2.45, 2.75) is 121 Å². The van der Waals surface area contributed by atoms with E-state index in [0.29, 0.717) is 12.1 Å². The fourth-order valence-corrected chi connectivity index (χ4v) is 6.10. The van der Waals surface area contributed by atoms with Crippen molar-refractivity contribution >= 4 is 59.2 Å². The zero-order valence-electron chi connectivity index (χ0n) is 34.5. The monoisotopic (exact) mass is 865 g/mol. The Morgan fingerprint density at radius 3 is 2.13 bits per heavy atom. The maximum Gasteiger partial charge on any atom is 0.325 e. The van der Waals surface area contributed by atoms with Crippen LogP contribution in [0.1, 0.15) is 71.9 Å². The lowest BCUT2D eigenvalue weighted by molar-refractivity contribution is -0.143. The number of nitrogens with two attached hydrogens (primary N) is 3. The standard InChI is InChI=1S/C36H59N13O12/c1-17(2)27(47-31(56)22(7-5-11-41-36(38)39)45-33(58)28(19(4)50)48-29(54)21(37)9-10-26(52)53)34(59)49-12-6-8-24(49)32(57)46-23(13-20-14-40-16-43-20)30(55)42-15-25(51)44-18(3)35(60)61/h14,16-19,21-24,27-28,50H,5-13,15,37H2,1-4H3,(H,40,43)(H,42,55)(H,44,51)(H,45,58)(H,46,57)(H,47,56)(H,48,54)(H,52,53)(H,60,61)(H4,38,39,41)/t18-,19+,21-,22-,23-,24-,27-,28-/m0/s1. The molecule has 7 amide bonds. The zero-order valence-corrected chi connectivity index (χ0v) is 34.5. The van der Waals surface area contributed by atoms with E-state index in [1.165, 1.54) is 31.3 Å².